The van der Waals surface area contributed by atoms with Crippen molar-refractivity contribution < 1.29 is 5.11 Å². The number of aliphatic hydroxyl groups is 1. The van der Waals surface area contributed by atoms with Crippen LogP contribution in [0.5, 0.6) is 0 Å². The highest BCUT2D eigenvalue weighted by molar-refractivity contribution is 5.44. The van der Waals surface area contributed by atoms with E-state index in [1.54, 1.807) is 6.33 Å². The Morgan fingerprint density at radius 3 is 2.26 bits per heavy atom. The van der Waals surface area contributed by atoms with Crippen LogP contribution in [0.3, 0.4) is 0 Å². The lowest BCUT2D eigenvalue weighted by atomic mass is 9.82. The van der Waals surface area contributed by atoms with Gasteiger partial charge in [0.2, 0.25) is 0 Å². The fourth-order valence-electron chi connectivity index (χ4n) is 4.43. The van der Waals surface area contributed by atoms with E-state index < -0.39 is 0 Å². The Morgan fingerprint density at radius 1 is 0.943 bits per heavy atom. The summed E-state index contributed by atoms with van der Waals surface area (Å²) in [6.45, 7) is 8.16. The van der Waals surface area contributed by atoms with Crippen LogP contribution in [0.15, 0.2) is 73.3 Å². The highest BCUT2D eigenvalue weighted by Gasteiger charge is 2.38. The predicted molar refractivity (Wildman–Crippen MR) is 143 cm³/mol. The monoisotopic (exact) mass is 470 g/mol. The molecule has 2 unspecified atom stereocenters. The van der Waals surface area contributed by atoms with Gasteiger partial charge < -0.3 is 10.0 Å². The molecular formula is C30H38N4O. The van der Waals surface area contributed by atoms with Gasteiger partial charge in [-0.3, -0.25) is 4.90 Å². The second-order valence-electron chi connectivity index (χ2n) is 8.78. The number of benzene rings is 2. The lowest BCUT2D eigenvalue weighted by molar-refractivity contribution is 0.0156. The first-order chi connectivity index (χ1) is 17.2. The van der Waals surface area contributed by atoms with Gasteiger partial charge in [-0.05, 0) is 62.8 Å². The Bertz CT molecular complexity index is 1040. The van der Waals surface area contributed by atoms with Crippen LogP contribution in [0, 0.1) is 11.8 Å². The fourth-order valence-corrected chi connectivity index (χ4v) is 4.43. The minimum Gasteiger partial charge on any atom is -0.395 e. The molecule has 35 heavy (non-hydrogen) atoms. The van der Waals surface area contributed by atoms with Gasteiger partial charge in [-0.15, -0.1) is 0 Å². The molecule has 1 aromatic heterocycles. The van der Waals surface area contributed by atoms with Crippen LogP contribution in [0.25, 0.3) is 0 Å². The highest BCUT2D eigenvalue weighted by atomic mass is 16.3. The predicted octanol–water partition coefficient (Wildman–Crippen LogP) is 4.57. The maximum absolute atomic E-state index is 9.98. The summed E-state index contributed by atoms with van der Waals surface area (Å²) in [5.41, 5.74) is 4.48. The van der Waals surface area contributed by atoms with Gasteiger partial charge in [0.25, 0.3) is 0 Å². The van der Waals surface area contributed by atoms with Gasteiger partial charge in [0, 0.05) is 54.1 Å². The minimum atomic E-state index is 0.203. The molecule has 1 saturated heterocycles. The van der Waals surface area contributed by atoms with Crippen LogP contribution >= 0.6 is 0 Å². The van der Waals surface area contributed by atoms with E-state index in [4.69, 9.17) is 0 Å². The Labute approximate surface area is 210 Å². The van der Waals surface area contributed by atoms with E-state index in [0.29, 0.717) is 5.92 Å². The molecule has 0 bridgehead atoms. The molecule has 1 fully saturated rings. The molecule has 5 heteroatoms. The lowest BCUT2D eigenvalue weighted by Crippen LogP contribution is -2.56. The number of hydrogen-bond acceptors (Lipinski definition) is 5. The molecule has 0 saturated carbocycles. The van der Waals surface area contributed by atoms with Crippen molar-refractivity contribution in [2.45, 2.75) is 45.2 Å². The Morgan fingerprint density at radius 2 is 1.60 bits per heavy atom. The van der Waals surface area contributed by atoms with E-state index in [-0.39, 0.29) is 12.6 Å². The van der Waals surface area contributed by atoms with Crippen LogP contribution in [-0.2, 0) is 6.54 Å². The highest BCUT2D eigenvalue weighted by Crippen LogP contribution is 2.34. The minimum absolute atomic E-state index is 0.203. The Hall–Kier alpha value is -3.04. The summed E-state index contributed by atoms with van der Waals surface area (Å²) in [4.78, 5) is 12.9. The maximum atomic E-state index is 9.98. The molecule has 1 N–H and O–H groups in total. The Balaban J connectivity index is 0.00000167. The van der Waals surface area contributed by atoms with Crippen molar-refractivity contribution in [3.05, 3.63) is 95.6 Å². The first-order valence-corrected chi connectivity index (χ1v) is 12.7. The van der Waals surface area contributed by atoms with Crippen LogP contribution in [-0.4, -0.2) is 64.2 Å². The molecule has 0 aliphatic carbocycles. The number of aliphatic hydroxyl groups excluding tert-OH is 1. The third-order valence-corrected chi connectivity index (χ3v) is 6.32. The molecule has 1 aliphatic rings. The molecule has 2 atom stereocenters. The third-order valence-electron chi connectivity index (χ3n) is 6.32. The summed E-state index contributed by atoms with van der Waals surface area (Å²) >= 11 is 0. The molecule has 0 amide bonds. The standard InChI is InChI=1S/C28H32N4O.C2H6/c1-31(19-25-17-29-22-30-18-25)15-5-6-16-32-20-27(28(32)21-33)26-13-11-24(12-14-26)10-9-23-7-3-2-4-8-23;1-2/h2-4,7-8,11-14,17-18,22,27-28,33H,5-6,15-16,19-21H2,1H3;1-2H3. The van der Waals surface area contributed by atoms with E-state index >= 15 is 0 Å². The van der Waals surface area contributed by atoms with Crippen molar-refractivity contribution in [1.82, 2.24) is 19.8 Å². The van der Waals surface area contributed by atoms with Crippen molar-refractivity contribution in [1.29, 1.82) is 0 Å². The van der Waals surface area contributed by atoms with Crippen molar-refractivity contribution in [3.8, 4) is 11.8 Å². The van der Waals surface area contributed by atoms with E-state index in [1.165, 1.54) is 5.56 Å². The van der Waals surface area contributed by atoms with E-state index in [0.717, 1.165) is 55.7 Å². The van der Waals surface area contributed by atoms with Gasteiger partial charge in [-0.1, -0.05) is 56.0 Å². The first kappa shape index (κ1) is 26.6. The quantitative estimate of drug-likeness (QED) is 0.367. The summed E-state index contributed by atoms with van der Waals surface area (Å²) in [5, 5.41) is 9.98. The van der Waals surface area contributed by atoms with E-state index in [2.05, 4.69) is 62.9 Å². The van der Waals surface area contributed by atoms with Gasteiger partial charge in [0.15, 0.2) is 0 Å². The number of nitrogens with zero attached hydrogens (tertiary/aromatic N) is 4. The zero-order valence-electron chi connectivity index (χ0n) is 21.3. The summed E-state index contributed by atoms with van der Waals surface area (Å²) in [6, 6.07) is 18.8. The van der Waals surface area contributed by atoms with Gasteiger partial charge in [0.1, 0.15) is 6.33 Å². The summed E-state index contributed by atoms with van der Waals surface area (Å²) in [7, 11) is 2.14. The molecule has 2 aromatic carbocycles. The van der Waals surface area contributed by atoms with Crippen molar-refractivity contribution in [2.24, 2.45) is 0 Å². The largest absolute Gasteiger partial charge is 0.395 e. The number of unbranched alkanes of at least 4 members (excludes halogenated alkanes) is 1. The topological polar surface area (TPSA) is 52.5 Å². The molecule has 4 rings (SSSR count). The van der Waals surface area contributed by atoms with E-state index in [9.17, 15) is 5.11 Å². The molecule has 2 heterocycles. The van der Waals surface area contributed by atoms with Crippen LogP contribution in [0.2, 0.25) is 0 Å². The van der Waals surface area contributed by atoms with Crippen molar-refractivity contribution in [2.75, 3.05) is 33.3 Å². The summed E-state index contributed by atoms with van der Waals surface area (Å²) < 4.78 is 0. The van der Waals surface area contributed by atoms with Crippen LogP contribution in [0.4, 0.5) is 0 Å². The van der Waals surface area contributed by atoms with Gasteiger partial charge in [-0.2, -0.15) is 0 Å². The molecule has 0 spiro atoms. The number of aromatic nitrogens is 2. The second-order valence-corrected chi connectivity index (χ2v) is 8.78. The fraction of sp³-hybridized carbons (Fsp3) is 0.400. The Kier molecular flexibility index (Phi) is 10.9. The summed E-state index contributed by atoms with van der Waals surface area (Å²) in [5.74, 6) is 6.84. The average Bonchev–Trinajstić information content (AvgIpc) is 2.90. The van der Waals surface area contributed by atoms with Gasteiger partial charge >= 0.3 is 0 Å². The van der Waals surface area contributed by atoms with Crippen molar-refractivity contribution >= 4 is 0 Å². The average molecular weight is 471 g/mol. The normalized spacial score (nSPS) is 17.1. The smallest absolute Gasteiger partial charge is 0.115 e. The number of likely N-dealkylation sites (tertiary alicyclic amines) is 1. The molecule has 1 aliphatic heterocycles. The lowest BCUT2D eigenvalue weighted by Gasteiger charge is -2.48. The van der Waals surface area contributed by atoms with Gasteiger partial charge in [-0.25, -0.2) is 9.97 Å². The maximum Gasteiger partial charge on any atom is 0.115 e. The van der Waals surface area contributed by atoms with Gasteiger partial charge in [0.05, 0.1) is 6.61 Å². The SMILES string of the molecule is CC.CN(CCCCN1CC(c2ccc(C#Cc3ccccc3)cc2)C1CO)Cc1cncnc1. The van der Waals surface area contributed by atoms with E-state index in [1.807, 2.05) is 56.6 Å². The molecule has 184 valence electrons. The molecule has 5 nitrogen and oxygen atoms in total. The second kappa shape index (κ2) is 14.4. The molecule has 0 radical (unpaired) electrons. The number of hydrogen-bond donors (Lipinski definition) is 1. The zero-order chi connectivity index (χ0) is 24.9. The first-order valence-electron chi connectivity index (χ1n) is 12.7. The number of rotatable bonds is 9. The van der Waals surface area contributed by atoms with Crippen molar-refractivity contribution in [3.63, 3.8) is 0 Å². The molecule has 3 aromatic rings. The zero-order valence-corrected chi connectivity index (χ0v) is 21.3. The van der Waals surface area contributed by atoms with Crippen LogP contribution in [0.1, 0.15) is 54.9 Å². The third kappa shape index (κ3) is 8.00. The molecular weight excluding hydrogens is 432 g/mol. The summed E-state index contributed by atoms with van der Waals surface area (Å²) in [6.07, 6.45) is 7.58. The van der Waals surface area contributed by atoms with Crippen LogP contribution < -0.4 is 0 Å².